The summed E-state index contributed by atoms with van der Waals surface area (Å²) in [5.74, 6) is -0.456. The van der Waals surface area contributed by atoms with E-state index in [9.17, 15) is 19.5 Å². The fraction of sp³-hybridized carbons (Fsp3) is 0.229. The van der Waals surface area contributed by atoms with Crippen molar-refractivity contribution in [3.05, 3.63) is 125 Å². The monoisotopic (exact) mass is 564 g/mol. The van der Waals surface area contributed by atoms with Crippen LogP contribution in [0.5, 0.6) is 5.75 Å². The molecule has 4 rings (SSSR count). The zero-order valence-electron chi connectivity index (χ0n) is 23.9. The summed E-state index contributed by atoms with van der Waals surface area (Å²) in [7, 11) is 0. The second kappa shape index (κ2) is 14.6. The number of carboxylic acids is 1. The molecule has 0 saturated carbocycles. The van der Waals surface area contributed by atoms with E-state index in [1.165, 1.54) is 0 Å². The molecule has 0 aliphatic rings. The molecule has 0 aliphatic heterocycles. The van der Waals surface area contributed by atoms with Crippen LogP contribution in [0.25, 0.3) is 0 Å². The van der Waals surface area contributed by atoms with Crippen molar-refractivity contribution >= 4 is 28.9 Å². The zero-order chi connectivity index (χ0) is 29.9. The highest BCUT2D eigenvalue weighted by Gasteiger charge is 2.21. The van der Waals surface area contributed by atoms with Gasteiger partial charge in [-0.2, -0.15) is 0 Å². The fourth-order valence-electron chi connectivity index (χ4n) is 4.55. The molecule has 216 valence electrons. The van der Waals surface area contributed by atoms with E-state index in [1.54, 1.807) is 48.5 Å². The number of para-hydroxylation sites is 2. The van der Waals surface area contributed by atoms with Gasteiger partial charge in [0.1, 0.15) is 11.8 Å². The van der Waals surface area contributed by atoms with E-state index in [-0.39, 0.29) is 23.9 Å². The van der Waals surface area contributed by atoms with E-state index in [4.69, 9.17) is 4.74 Å². The molecule has 0 aliphatic carbocycles. The average Bonchev–Trinajstić information content (AvgIpc) is 3.01. The summed E-state index contributed by atoms with van der Waals surface area (Å²) >= 11 is 0. The second-order valence-electron chi connectivity index (χ2n) is 10.3. The molecule has 7 heteroatoms. The Labute approximate surface area is 246 Å². The molecule has 0 radical (unpaired) electrons. The molecule has 4 aromatic rings. The van der Waals surface area contributed by atoms with Gasteiger partial charge < -0.3 is 20.5 Å². The van der Waals surface area contributed by atoms with E-state index in [0.717, 1.165) is 17.7 Å². The number of ether oxygens (including phenoxy) is 1. The maximum absolute atomic E-state index is 13.1. The number of aliphatic carboxylic acids is 1. The average molecular weight is 565 g/mol. The van der Waals surface area contributed by atoms with Crippen LogP contribution in [0.4, 0.5) is 11.4 Å². The van der Waals surface area contributed by atoms with Gasteiger partial charge in [-0.25, -0.2) is 4.79 Å². The summed E-state index contributed by atoms with van der Waals surface area (Å²) in [5.41, 5.74) is 3.78. The van der Waals surface area contributed by atoms with Crippen molar-refractivity contribution in [3.63, 3.8) is 0 Å². The second-order valence-corrected chi connectivity index (χ2v) is 10.3. The predicted octanol–water partition coefficient (Wildman–Crippen LogP) is 6.75. The highest BCUT2D eigenvalue weighted by Crippen LogP contribution is 2.22. The van der Waals surface area contributed by atoms with Gasteiger partial charge in [0.05, 0.1) is 6.61 Å². The van der Waals surface area contributed by atoms with E-state index >= 15 is 0 Å². The lowest BCUT2D eigenvalue weighted by Gasteiger charge is -2.18. The first-order valence-electron chi connectivity index (χ1n) is 14.1. The zero-order valence-corrected chi connectivity index (χ0v) is 23.9. The molecule has 42 heavy (non-hydrogen) atoms. The van der Waals surface area contributed by atoms with Gasteiger partial charge in [-0.05, 0) is 48.4 Å². The van der Waals surface area contributed by atoms with Gasteiger partial charge in [0.2, 0.25) is 0 Å². The van der Waals surface area contributed by atoms with Crippen LogP contribution in [-0.4, -0.2) is 41.8 Å². The van der Waals surface area contributed by atoms with Crippen molar-refractivity contribution < 1.29 is 24.2 Å². The summed E-state index contributed by atoms with van der Waals surface area (Å²) in [6, 6.07) is 29.8. The molecular weight excluding hydrogens is 528 g/mol. The first-order valence-corrected chi connectivity index (χ1v) is 14.1. The normalized spacial score (nSPS) is 11.5. The Hall–Kier alpha value is -4.91. The molecule has 0 spiro atoms. The Balaban J connectivity index is 1.30. The van der Waals surface area contributed by atoms with Crippen LogP contribution in [0.1, 0.15) is 52.1 Å². The lowest BCUT2D eigenvalue weighted by atomic mass is 9.99. The third kappa shape index (κ3) is 8.07. The number of hydrogen-bond donors (Lipinski definition) is 3. The standard InChI is InChI=1S/C35H36N2O5/c1-24(2)33(38)28-13-6-8-15-30(28)36-21-10-22-42-27-19-17-25(18-20-27)23-32(35(40)41)37-31-16-9-7-14-29(31)34(39)26-11-4-3-5-12-26/h3-9,11-20,24,32,36-37H,10,21-23H2,1-2H3,(H,40,41). The summed E-state index contributed by atoms with van der Waals surface area (Å²) in [4.78, 5) is 37.6. The van der Waals surface area contributed by atoms with Gasteiger partial charge in [-0.15, -0.1) is 0 Å². The first-order chi connectivity index (χ1) is 20.3. The molecule has 0 bridgehead atoms. The van der Waals surface area contributed by atoms with Crippen molar-refractivity contribution in [2.24, 2.45) is 5.92 Å². The number of Topliss-reactive ketones (excluding diaryl/α,β-unsaturated/α-hetero) is 1. The van der Waals surface area contributed by atoms with Crippen molar-refractivity contribution in [2.45, 2.75) is 32.7 Å². The number of nitrogens with one attached hydrogen (secondary N) is 2. The number of hydrogen-bond acceptors (Lipinski definition) is 6. The van der Waals surface area contributed by atoms with Crippen LogP contribution in [0, 0.1) is 5.92 Å². The van der Waals surface area contributed by atoms with Gasteiger partial charge in [0, 0.05) is 46.9 Å². The van der Waals surface area contributed by atoms with Crippen LogP contribution in [0.3, 0.4) is 0 Å². The molecule has 3 N–H and O–H groups in total. The summed E-state index contributed by atoms with van der Waals surface area (Å²) in [5, 5.41) is 16.3. The molecule has 0 aromatic heterocycles. The minimum absolute atomic E-state index is 0.0690. The quantitative estimate of drug-likeness (QED) is 0.108. The van der Waals surface area contributed by atoms with Crippen molar-refractivity contribution in [3.8, 4) is 5.75 Å². The van der Waals surface area contributed by atoms with Crippen molar-refractivity contribution in [2.75, 3.05) is 23.8 Å². The van der Waals surface area contributed by atoms with Crippen molar-refractivity contribution in [1.29, 1.82) is 0 Å². The van der Waals surface area contributed by atoms with E-state index in [0.29, 0.717) is 41.3 Å². The van der Waals surface area contributed by atoms with E-state index in [2.05, 4.69) is 10.6 Å². The SMILES string of the molecule is CC(C)C(=O)c1ccccc1NCCCOc1ccc(CC(Nc2ccccc2C(=O)c2ccccc2)C(=O)O)cc1. The summed E-state index contributed by atoms with van der Waals surface area (Å²) in [6.07, 6.45) is 0.958. The van der Waals surface area contributed by atoms with Crippen LogP contribution in [-0.2, 0) is 11.2 Å². The molecule has 1 atom stereocenters. The Kier molecular flexibility index (Phi) is 10.5. The summed E-state index contributed by atoms with van der Waals surface area (Å²) in [6.45, 7) is 4.93. The largest absolute Gasteiger partial charge is 0.494 e. The molecular formula is C35H36N2O5. The number of carboxylic acid groups (broad SMARTS) is 1. The van der Waals surface area contributed by atoms with E-state index < -0.39 is 12.0 Å². The van der Waals surface area contributed by atoms with Gasteiger partial charge in [-0.3, -0.25) is 9.59 Å². The third-order valence-electron chi connectivity index (χ3n) is 6.82. The van der Waals surface area contributed by atoms with Crippen LogP contribution < -0.4 is 15.4 Å². The lowest BCUT2D eigenvalue weighted by Crippen LogP contribution is -2.32. The highest BCUT2D eigenvalue weighted by atomic mass is 16.5. The number of benzene rings is 4. The maximum Gasteiger partial charge on any atom is 0.326 e. The Morgan fingerprint density at radius 1 is 0.762 bits per heavy atom. The fourth-order valence-corrected chi connectivity index (χ4v) is 4.55. The number of ketones is 2. The number of rotatable bonds is 15. The first kappa shape index (κ1) is 30.1. The Morgan fingerprint density at radius 3 is 2.05 bits per heavy atom. The molecule has 1 unspecified atom stereocenters. The van der Waals surface area contributed by atoms with Crippen LogP contribution in [0.15, 0.2) is 103 Å². The predicted molar refractivity (Wildman–Crippen MR) is 166 cm³/mol. The van der Waals surface area contributed by atoms with Gasteiger partial charge in [0.15, 0.2) is 11.6 Å². The molecule has 0 fully saturated rings. The lowest BCUT2D eigenvalue weighted by molar-refractivity contribution is -0.137. The highest BCUT2D eigenvalue weighted by molar-refractivity contribution is 6.12. The maximum atomic E-state index is 13.1. The molecule has 7 nitrogen and oxygen atoms in total. The minimum Gasteiger partial charge on any atom is -0.494 e. The molecule has 0 saturated heterocycles. The number of anilines is 2. The molecule has 0 amide bonds. The Bertz CT molecular complexity index is 1500. The smallest absolute Gasteiger partial charge is 0.326 e. The third-order valence-corrected chi connectivity index (χ3v) is 6.82. The van der Waals surface area contributed by atoms with E-state index in [1.807, 2.05) is 68.4 Å². The number of carbonyl (C=O) groups is 3. The minimum atomic E-state index is -1.01. The van der Waals surface area contributed by atoms with Crippen molar-refractivity contribution in [1.82, 2.24) is 0 Å². The molecule has 4 aromatic carbocycles. The molecule has 0 heterocycles. The topological polar surface area (TPSA) is 105 Å². The van der Waals surface area contributed by atoms with Gasteiger partial charge in [0.25, 0.3) is 0 Å². The Morgan fingerprint density at radius 2 is 1.38 bits per heavy atom. The van der Waals surface area contributed by atoms with Gasteiger partial charge in [-0.1, -0.05) is 80.6 Å². The van der Waals surface area contributed by atoms with Crippen LogP contribution >= 0.6 is 0 Å². The number of carbonyl (C=O) groups excluding carboxylic acids is 2. The van der Waals surface area contributed by atoms with Gasteiger partial charge >= 0.3 is 5.97 Å². The summed E-state index contributed by atoms with van der Waals surface area (Å²) < 4.78 is 5.87. The van der Waals surface area contributed by atoms with Crippen LogP contribution in [0.2, 0.25) is 0 Å².